The molecule has 4 nitrogen and oxygen atoms in total. The summed E-state index contributed by atoms with van der Waals surface area (Å²) in [4.78, 5) is 18.1. The maximum atomic E-state index is 11.3. The van der Waals surface area contributed by atoms with Crippen molar-refractivity contribution in [2.75, 3.05) is 11.4 Å². The van der Waals surface area contributed by atoms with Crippen LogP contribution < -0.4 is 4.90 Å². The van der Waals surface area contributed by atoms with Crippen molar-refractivity contribution in [1.29, 1.82) is 0 Å². The first-order valence-electron chi connectivity index (χ1n) is 6.51. The van der Waals surface area contributed by atoms with Crippen LogP contribution in [0.3, 0.4) is 0 Å². The highest BCUT2D eigenvalue weighted by Gasteiger charge is 2.29. The van der Waals surface area contributed by atoms with Crippen LogP contribution in [0.1, 0.15) is 31.2 Å². The fraction of sp³-hybridized carbons (Fsp3) is 0.429. The summed E-state index contributed by atoms with van der Waals surface area (Å²) in [5.74, 6) is 0.0986. The maximum absolute atomic E-state index is 11.3. The maximum Gasteiger partial charge on any atom is 0.331 e. The molecule has 0 radical (unpaired) electrons. The molecule has 0 unspecified atom stereocenters. The number of nitrogens with zero attached hydrogens (tertiary/aromatic N) is 2. The van der Waals surface area contributed by atoms with E-state index in [1.165, 1.54) is 0 Å². The van der Waals surface area contributed by atoms with Gasteiger partial charge in [0, 0.05) is 34.4 Å². The summed E-state index contributed by atoms with van der Waals surface area (Å²) in [6.45, 7) is 1.02. The number of fused-ring (bicyclic) bond motifs is 3. The molecular formula is C14H15BrN2O2. The Morgan fingerprint density at radius 3 is 3.11 bits per heavy atom. The molecular weight excluding hydrogens is 308 g/mol. The van der Waals surface area contributed by atoms with E-state index >= 15 is 0 Å². The van der Waals surface area contributed by atoms with Crippen molar-refractivity contribution in [2.45, 2.75) is 31.7 Å². The second kappa shape index (κ2) is 4.96. The van der Waals surface area contributed by atoms with Crippen LogP contribution in [-0.4, -0.2) is 28.6 Å². The number of pyridine rings is 1. The fourth-order valence-corrected chi connectivity index (χ4v) is 3.31. The molecule has 0 aromatic carbocycles. The average molecular weight is 323 g/mol. The Hall–Kier alpha value is -1.36. The number of hydrogen-bond donors (Lipinski definition) is 1. The van der Waals surface area contributed by atoms with Gasteiger partial charge in [-0.3, -0.25) is 0 Å². The minimum Gasteiger partial charge on any atom is -0.478 e. The Balaban J connectivity index is 2.12. The van der Waals surface area contributed by atoms with Gasteiger partial charge in [-0.2, -0.15) is 0 Å². The number of rotatable bonds is 1. The zero-order chi connectivity index (χ0) is 13.4. The first-order chi connectivity index (χ1) is 9.15. The third-order valence-corrected chi connectivity index (χ3v) is 4.30. The molecule has 0 spiro atoms. The first-order valence-corrected chi connectivity index (χ1v) is 7.30. The summed E-state index contributed by atoms with van der Waals surface area (Å²) in [7, 11) is 0. The van der Waals surface area contributed by atoms with Gasteiger partial charge in [0.15, 0.2) is 0 Å². The molecule has 3 heterocycles. The van der Waals surface area contributed by atoms with Crippen molar-refractivity contribution in [2.24, 2.45) is 0 Å². The van der Waals surface area contributed by atoms with E-state index in [4.69, 9.17) is 0 Å². The molecule has 1 aromatic rings. The van der Waals surface area contributed by atoms with Crippen LogP contribution in [0.5, 0.6) is 0 Å². The van der Waals surface area contributed by atoms with Crippen molar-refractivity contribution < 1.29 is 9.90 Å². The SMILES string of the molecule is O=C(O)C1=Cc2cc(Br)cnc2N2CCC[C@H]2CC1. The molecule has 2 aliphatic heterocycles. The second-order valence-electron chi connectivity index (χ2n) is 5.07. The van der Waals surface area contributed by atoms with E-state index in [0.717, 1.165) is 41.7 Å². The van der Waals surface area contributed by atoms with E-state index in [1.54, 1.807) is 12.3 Å². The third kappa shape index (κ3) is 2.39. The lowest BCUT2D eigenvalue weighted by molar-refractivity contribution is -0.132. The summed E-state index contributed by atoms with van der Waals surface area (Å²) in [6, 6.07) is 2.38. The van der Waals surface area contributed by atoms with Gasteiger partial charge in [-0.05, 0) is 53.8 Å². The number of aliphatic carboxylic acids is 1. The lowest BCUT2D eigenvalue weighted by Gasteiger charge is -2.29. The van der Waals surface area contributed by atoms with Gasteiger partial charge in [0.1, 0.15) is 5.82 Å². The van der Waals surface area contributed by atoms with Crippen LogP contribution in [-0.2, 0) is 4.79 Å². The minimum atomic E-state index is -0.822. The molecule has 5 heteroatoms. The van der Waals surface area contributed by atoms with Crippen molar-refractivity contribution >= 4 is 33.8 Å². The monoisotopic (exact) mass is 322 g/mol. The van der Waals surface area contributed by atoms with E-state index < -0.39 is 5.97 Å². The topological polar surface area (TPSA) is 53.4 Å². The summed E-state index contributed by atoms with van der Waals surface area (Å²) in [5.41, 5.74) is 1.38. The summed E-state index contributed by atoms with van der Waals surface area (Å²) in [6.07, 6.45) is 7.36. The van der Waals surface area contributed by atoms with Crippen LogP contribution in [0.25, 0.3) is 6.08 Å². The van der Waals surface area contributed by atoms with Crippen molar-refractivity contribution in [3.05, 3.63) is 27.9 Å². The lowest BCUT2D eigenvalue weighted by atomic mass is 9.99. The quantitative estimate of drug-likeness (QED) is 0.863. The van der Waals surface area contributed by atoms with Gasteiger partial charge >= 0.3 is 5.97 Å². The normalized spacial score (nSPS) is 22.1. The van der Waals surface area contributed by atoms with E-state index in [1.807, 2.05) is 6.07 Å². The highest BCUT2D eigenvalue weighted by atomic mass is 79.9. The molecule has 3 rings (SSSR count). The molecule has 0 bridgehead atoms. The van der Waals surface area contributed by atoms with E-state index in [0.29, 0.717) is 18.0 Å². The molecule has 0 saturated carbocycles. The van der Waals surface area contributed by atoms with E-state index in [2.05, 4.69) is 25.8 Å². The standard InChI is InChI=1S/C14H15BrN2O2/c15-11-7-10-6-9(14(18)19)3-4-12-2-1-5-17(12)13(10)16-8-11/h6-8,12H,1-5H2,(H,18,19)/t12-/m0/s1. The predicted octanol–water partition coefficient (Wildman–Crippen LogP) is 3.07. The minimum absolute atomic E-state index is 0.426. The van der Waals surface area contributed by atoms with E-state index in [9.17, 15) is 9.90 Å². The van der Waals surface area contributed by atoms with E-state index in [-0.39, 0.29) is 0 Å². The van der Waals surface area contributed by atoms with Crippen LogP contribution in [0, 0.1) is 0 Å². The zero-order valence-electron chi connectivity index (χ0n) is 10.5. The molecule has 1 N–H and O–H groups in total. The molecule has 100 valence electrons. The second-order valence-corrected chi connectivity index (χ2v) is 5.98. The largest absolute Gasteiger partial charge is 0.478 e. The first kappa shape index (κ1) is 12.7. The Labute approximate surface area is 120 Å². The molecule has 1 aromatic heterocycles. The van der Waals surface area contributed by atoms with Crippen LogP contribution in [0.15, 0.2) is 22.3 Å². The van der Waals surface area contributed by atoms with Gasteiger partial charge in [-0.25, -0.2) is 9.78 Å². The van der Waals surface area contributed by atoms with Gasteiger partial charge in [-0.15, -0.1) is 0 Å². The van der Waals surface area contributed by atoms with Crippen molar-refractivity contribution in [3.8, 4) is 0 Å². The molecule has 0 aliphatic carbocycles. The Kier molecular flexibility index (Phi) is 3.31. The molecule has 2 aliphatic rings. The zero-order valence-corrected chi connectivity index (χ0v) is 12.1. The number of hydrogen-bond acceptors (Lipinski definition) is 3. The Morgan fingerprint density at radius 1 is 1.47 bits per heavy atom. The van der Waals surface area contributed by atoms with Gasteiger partial charge in [0.25, 0.3) is 0 Å². The Morgan fingerprint density at radius 2 is 2.32 bits per heavy atom. The van der Waals surface area contributed by atoms with Gasteiger partial charge in [0.05, 0.1) is 0 Å². The molecule has 1 saturated heterocycles. The molecule has 19 heavy (non-hydrogen) atoms. The Bertz CT molecular complexity index is 556. The number of carboxylic acids is 1. The molecule has 1 fully saturated rings. The van der Waals surface area contributed by atoms with Crippen LogP contribution in [0.4, 0.5) is 5.82 Å². The van der Waals surface area contributed by atoms with Crippen molar-refractivity contribution in [3.63, 3.8) is 0 Å². The van der Waals surface area contributed by atoms with Crippen molar-refractivity contribution in [1.82, 2.24) is 4.98 Å². The van der Waals surface area contributed by atoms with Gasteiger partial charge in [0.2, 0.25) is 0 Å². The average Bonchev–Trinajstić information content (AvgIpc) is 2.79. The molecule has 1 atom stereocenters. The summed E-state index contributed by atoms with van der Waals surface area (Å²) >= 11 is 3.41. The smallest absolute Gasteiger partial charge is 0.331 e. The van der Waals surface area contributed by atoms with Gasteiger partial charge < -0.3 is 10.0 Å². The summed E-state index contributed by atoms with van der Waals surface area (Å²) < 4.78 is 0.878. The number of carboxylic acid groups (broad SMARTS) is 1. The van der Waals surface area contributed by atoms with Crippen LogP contribution >= 0.6 is 15.9 Å². The number of anilines is 1. The third-order valence-electron chi connectivity index (χ3n) is 3.86. The fourth-order valence-electron chi connectivity index (χ4n) is 2.96. The lowest BCUT2D eigenvalue weighted by Crippen LogP contribution is -2.31. The highest BCUT2D eigenvalue weighted by Crippen LogP contribution is 2.34. The number of aromatic nitrogens is 1. The van der Waals surface area contributed by atoms with Gasteiger partial charge in [-0.1, -0.05) is 0 Å². The highest BCUT2D eigenvalue weighted by molar-refractivity contribution is 9.10. The number of carbonyl (C=O) groups is 1. The predicted molar refractivity (Wildman–Crippen MR) is 77.2 cm³/mol. The number of halogens is 1. The molecule has 0 amide bonds. The summed E-state index contributed by atoms with van der Waals surface area (Å²) in [5, 5.41) is 9.28. The van der Waals surface area contributed by atoms with Crippen LogP contribution in [0.2, 0.25) is 0 Å².